The lowest BCUT2D eigenvalue weighted by atomic mass is 10.2. The van der Waals surface area contributed by atoms with E-state index in [1.165, 1.54) is 0 Å². The summed E-state index contributed by atoms with van der Waals surface area (Å²) in [6, 6.07) is 7.73. The molecule has 2 aromatic rings. The van der Waals surface area contributed by atoms with Gasteiger partial charge in [-0.25, -0.2) is 4.98 Å². The molecule has 0 spiro atoms. The van der Waals surface area contributed by atoms with Crippen molar-refractivity contribution in [3.05, 3.63) is 41.7 Å². The van der Waals surface area contributed by atoms with Crippen molar-refractivity contribution in [1.82, 2.24) is 9.55 Å². The molecule has 0 radical (unpaired) electrons. The molecule has 98 valence electrons. The second-order valence-corrected chi connectivity index (χ2v) is 4.75. The Labute approximate surface area is 111 Å². The first-order chi connectivity index (χ1) is 9.22. The van der Waals surface area contributed by atoms with Gasteiger partial charge in [0, 0.05) is 25.0 Å². The standard InChI is InChI=1S/C14H16N4O/c1-10-4-2-5-11(8-10)16-13(19)12-9-18-7-3-6-15-14(18)17-12/h2,4-5,8-9H,3,6-7H2,1H3,(H,15,17)(H,16,19). The van der Waals surface area contributed by atoms with Crippen LogP contribution in [0.25, 0.3) is 0 Å². The molecule has 1 aliphatic rings. The maximum absolute atomic E-state index is 12.1. The van der Waals surface area contributed by atoms with Gasteiger partial charge in [0.2, 0.25) is 5.95 Å². The van der Waals surface area contributed by atoms with Crippen LogP contribution in [0.4, 0.5) is 11.6 Å². The van der Waals surface area contributed by atoms with E-state index in [-0.39, 0.29) is 5.91 Å². The number of hydrogen-bond acceptors (Lipinski definition) is 3. The Morgan fingerprint density at radius 3 is 3.16 bits per heavy atom. The highest BCUT2D eigenvalue weighted by atomic mass is 16.1. The first kappa shape index (κ1) is 11.8. The fourth-order valence-electron chi connectivity index (χ4n) is 2.20. The largest absolute Gasteiger partial charge is 0.356 e. The Kier molecular flexibility index (Phi) is 2.95. The molecule has 0 fully saturated rings. The highest BCUT2D eigenvalue weighted by Gasteiger charge is 2.16. The minimum atomic E-state index is -0.172. The number of fused-ring (bicyclic) bond motifs is 1. The maximum atomic E-state index is 12.1. The number of carbonyl (C=O) groups excluding carboxylic acids is 1. The summed E-state index contributed by atoms with van der Waals surface area (Å²) in [4.78, 5) is 16.4. The lowest BCUT2D eigenvalue weighted by Crippen LogP contribution is -2.16. The molecule has 2 heterocycles. The van der Waals surface area contributed by atoms with Crippen LogP contribution in [0.2, 0.25) is 0 Å². The molecule has 5 nitrogen and oxygen atoms in total. The van der Waals surface area contributed by atoms with Gasteiger partial charge in [0.05, 0.1) is 0 Å². The van der Waals surface area contributed by atoms with Crippen LogP contribution < -0.4 is 10.6 Å². The van der Waals surface area contributed by atoms with Crippen molar-refractivity contribution in [2.45, 2.75) is 19.9 Å². The Morgan fingerprint density at radius 2 is 2.37 bits per heavy atom. The van der Waals surface area contributed by atoms with Gasteiger partial charge in [-0.3, -0.25) is 4.79 Å². The summed E-state index contributed by atoms with van der Waals surface area (Å²) in [5, 5.41) is 6.05. The topological polar surface area (TPSA) is 59.0 Å². The summed E-state index contributed by atoms with van der Waals surface area (Å²) in [6.45, 7) is 3.82. The zero-order valence-corrected chi connectivity index (χ0v) is 10.8. The number of hydrogen-bond donors (Lipinski definition) is 2. The lowest BCUT2D eigenvalue weighted by molar-refractivity contribution is 0.102. The summed E-state index contributed by atoms with van der Waals surface area (Å²) >= 11 is 0. The van der Waals surface area contributed by atoms with E-state index in [0.717, 1.165) is 36.7 Å². The molecule has 0 saturated carbocycles. The average Bonchev–Trinajstić information content (AvgIpc) is 2.82. The monoisotopic (exact) mass is 256 g/mol. The predicted octanol–water partition coefficient (Wildman–Crippen LogP) is 2.26. The van der Waals surface area contributed by atoms with Crippen LogP contribution in [0.1, 0.15) is 22.5 Å². The molecule has 1 aromatic carbocycles. The molecule has 0 aliphatic carbocycles. The highest BCUT2D eigenvalue weighted by Crippen LogP contribution is 2.16. The van der Waals surface area contributed by atoms with Crippen LogP contribution in [-0.4, -0.2) is 22.0 Å². The van der Waals surface area contributed by atoms with E-state index in [1.54, 1.807) is 6.20 Å². The number of aromatic nitrogens is 2. The van der Waals surface area contributed by atoms with Gasteiger partial charge in [0.1, 0.15) is 5.69 Å². The van der Waals surface area contributed by atoms with Gasteiger partial charge in [0.25, 0.3) is 5.91 Å². The number of benzene rings is 1. The summed E-state index contributed by atoms with van der Waals surface area (Å²) in [5.74, 6) is 0.606. The fraction of sp³-hybridized carbons (Fsp3) is 0.286. The molecular weight excluding hydrogens is 240 g/mol. The van der Waals surface area contributed by atoms with Crippen molar-refractivity contribution in [2.24, 2.45) is 0 Å². The normalized spacial score (nSPS) is 13.5. The Balaban J connectivity index is 1.78. The summed E-state index contributed by atoms with van der Waals surface area (Å²) in [5.41, 5.74) is 2.36. The van der Waals surface area contributed by atoms with Gasteiger partial charge >= 0.3 is 0 Å². The molecule has 2 N–H and O–H groups in total. The van der Waals surface area contributed by atoms with E-state index in [4.69, 9.17) is 0 Å². The van der Waals surface area contributed by atoms with Crippen molar-refractivity contribution in [3.8, 4) is 0 Å². The summed E-state index contributed by atoms with van der Waals surface area (Å²) in [6.07, 6.45) is 2.86. The zero-order chi connectivity index (χ0) is 13.2. The summed E-state index contributed by atoms with van der Waals surface area (Å²) in [7, 11) is 0. The van der Waals surface area contributed by atoms with E-state index < -0.39 is 0 Å². The van der Waals surface area contributed by atoms with Crippen LogP contribution in [-0.2, 0) is 6.54 Å². The molecule has 0 atom stereocenters. The Hall–Kier alpha value is -2.30. The maximum Gasteiger partial charge on any atom is 0.275 e. The predicted molar refractivity (Wildman–Crippen MR) is 74.5 cm³/mol. The molecule has 0 saturated heterocycles. The number of aryl methyl sites for hydroxylation is 2. The van der Waals surface area contributed by atoms with Crippen LogP contribution in [0.15, 0.2) is 30.5 Å². The molecule has 1 aliphatic heterocycles. The van der Waals surface area contributed by atoms with Crippen molar-refractivity contribution < 1.29 is 4.79 Å². The van der Waals surface area contributed by atoms with Crippen molar-refractivity contribution >= 4 is 17.5 Å². The van der Waals surface area contributed by atoms with E-state index in [9.17, 15) is 4.79 Å². The van der Waals surface area contributed by atoms with E-state index in [2.05, 4.69) is 15.6 Å². The Bertz CT molecular complexity index is 594. The van der Waals surface area contributed by atoms with Gasteiger partial charge in [-0.1, -0.05) is 12.1 Å². The van der Waals surface area contributed by atoms with Crippen molar-refractivity contribution in [1.29, 1.82) is 0 Å². The quantitative estimate of drug-likeness (QED) is 0.866. The number of nitrogens with one attached hydrogen (secondary N) is 2. The Morgan fingerprint density at radius 1 is 1.47 bits per heavy atom. The SMILES string of the molecule is Cc1cccc(NC(=O)c2cn3c(n2)NCCC3)c1. The third kappa shape index (κ3) is 2.45. The van der Waals surface area contributed by atoms with Gasteiger partial charge in [0.15, 0.2) is 0 Å². The zero-order valence-electron chi connectivity index (χ0n) is 10.8. The number of rotatable bonds is 2. The number of amides is 1. The van der Waals surface area contributed by atoms with Gasteiger partial charge in [-0.15, -0.1) is 0 Å². The average molecular weight is 256 g/mol. The third-order valence-electron chi connectivity index (χ3n) is 3.14. The molecule has 0 bridgehead atoms. The number of nitrogens with zero attached hydrogens (tertiary/aromatic N) is 2. The van der Waals surface area contributed by atoms with Crippen molar-refractivity contribution in [2.75, 3.05) is 17.2 Å². The summed E-state index contributed by atoms with van der Waals surface area (Å²) < 4.78 is 1.98. The van der Waals surface area contributed by atoms with E-state index >= 15 is 0 Å². The van der Waals surface area contributed by atoms with Crippen LogP contribution in [0, 0.1) is 6.92 Å². The molecule has 3 rings (SSSR count). The second kappa shape index (κ2) is 4.76. The smallest absolute Gasteiger partial charge is 0.275 e. The van der Waals surface area contributed by atoms with Crippen LogP contribution >= 0.6 is 0 Å². The first-order valence-corrected chi connectivity index (χ1v) is 6.41. The number of carbonyl (C=O) groups is 1. The van der Waals surface area contributed by atoms with Gasteiger partial charge in [-0.2, -0.15) is 0 Å². The van der Waals surface area contributed by atoms with Gasteiger partial charge in [-0.05, 0) is 31.0 Å². The minimum absolute atomic E-state index is 0.172. The molecule has 1 aromatic heterocycles. The number of anilines is 2. The second-order valence-electron chi connectivity index (χ2n) is 4.75. The first-order valence-electron chi connectivity index (χ1n) is 6.41. The molecule has 0 unspecified atom stereocenters. The third-order valence-corrected chi connectivity index (χ3v) is 3.14. The van der Waals surface area contributed by atoms with Gasteiger partial charge < -0.3 is 15.2 Å². The molecular formula is C14H16N4O. The van der Waals surface area contributed by atoms with Crippen LogP contribution in [0.3, 0.4) is 0 Å². The van der Waals surface area contributed by atoms with E-state index in [1.807, 2.05) is 35.8 Å². The van der Waals surface area contributed by atoms with Crippen LogP contribution in [0.5, 0.6) is 0 Å². The highest BCUT2D eigenvalue weighted by molar-refractivity contribution is 6.03. The molecule has 1 amide bonds. The van der Waals surface area contributed by atoms with Crippen molar-refractivity contribution in [3.63, 3.8) is 0 Å². The number of imidazole rings is 1. The van der Waals surface area contributed by atoms with E-state index in [0.29, 0.717) is 5.69 Å². The fourth-order valence-corrected chi connectivity index (χ4v) is 2.20. The minimum Gasteiger partial charge on any atom is -0.356 e. The molecule has 5 heteroatoms. The lowest BCUT2D eigenvalue weighted by Gasteiger charge is -2.14. The molecule has 19 heavy (non-hydrogen) atoms.